The van der Waals surface area contributed by atoms with Crippen molar-refractivity contribution in [2.75, 3.05) is 17.3 Å². The second-order valence-electron chi connectivity index (χ2n) is 3.78. The summed E-state index contributed by atoms with van der Waals surface area (Å²) in [6.07, 6.45) is 0. The van der Waals surface area contributed by atoms with Gasteiger partial charge >= 0.3 is 5.91 Å². The fourth-order valence-electron chi connectivity index (χ4n) is 1.75. The number of nitrogens with zero attached hydrogens (tertiary/aromatic N) is 2. The molecule has 1 unspecified atom stereocenters. The lowest BCUT2D eigenvalue weighted by atomic mass is 10.2. The average Bonchev–Trinajstić information content (AvgIpc) is 2.39. The molecule has 6 heteroatoms. The summed E-state index contributed by atoms with van der Waals surface area (Å²) in [5, 5.41) is 11.3. The van der Waals surface area contributed by atoms with E-state index in [1.165, 1.54) is 17.8 Å². The molecule has 1 aliphatic rings. The van der Waals surface area contributed by atoms with Gasteiger partial charge in [-0.25, -0.2) is 4.90 Å². The second-order valence-corrected chi connectivity index (χ2v) is 5.17. The molecule has 0 saturated carbocycles. The number of hydrogen-bond acceptors (Lipinski definition) is 5. The molecular formula is C12H11N3O2S. The number of anilines is 2. The van der Waals surface area contributed by atoms with Gasteiger partial charge in [-0.3, -0.25) is 9.59 Å². The number of carbonyl (C=O) groups excluding carboxylic acids is 2. The smallest absolute Gasteiger partial charge is 0.336 e. The zero-order valence-electron chi connectivity index (χ0n) is 9.93. The molecule has 1 aromatic rings. The van der Waals surface area contributed by atoms with Gasteiger partial charge in [-0.2, -0.15) is 5.26 Å². The first-order valence-corrected chi connectivity index (χ1v) is 6.23. The quantitative estimate of drug-likeness (QED) is 0.777. The van der Waals surface area contributed by atoms with Crippen LogP contribution in [0.5, 0.6) is 0 Å². The van der Waals surface area contributed by atoms with Gasteiger partial charge < -0.3 is 5.32 Å². The lowest BCUT2D eigenvalue weighted by Crippen LogP contribution is -2.43. The van der Waals surface area contributed by atoms with Gasteiger partial charge in [-0.1, -0.05) is 0 Å². The van der Waals surface area contributed by atoms with E-state index in [0.29, 0.717) is 5.69 Å². The van der Waals surface area contributed by atoms with Crippen LogP contribution in [0.2, 0.25) is 0 Å². The van der Waals surface area contributed by atoms with Crippen molar-refractivity contribution in [2.24, 2.45) is 0 Å². The van der Waals surface area contributed by atoms with Gasteiger partial charge in [0.1, 0.15) is 0 Å². The number of fused-ring (bicyclic) bond motifs is 1. The maximum atomic E-state index is 12.0. The highest BCUT2D eigenvalue weighted by atomic mass is 32.2. The molecule has 1 atom stereocenters. The summed E-state index contributed by atoms with van der Waals surface area (Å²) in [6, 6.07) is 6.90. The van der Waals surface area contributed by atoms with Crippen LogP contribution in [0.3, 0.4) is 0 Å². The summed E-state index contributed by atoms with van der Waals surface area (Å²) < 4.78 is 0. The van der Waals surface area contributed by atoms with Crippen molar-refractivity contribution in [2.45, 2.75) is 17.1 Å². The van der Waals surface area contributed by atoms with Crippen LogP contribution in [0, 0.1) is 11.3 Å². The molecule has 92 valence electrons. The molecule has 18 heavy (non-hydrogen) atoms. The van der Waals surface area contributed by atoms with E-state index >= 15 is 0 Å². The van der Waals surface area contributed by atoms with Crippen molar-refractivity contribution in [3.8, 4) is 6.07 Å². The summed E-state index contributed by atoms with van der Waals surface area (Å²) in [4.78, 5) is 25.4. The minimum atomic E-state index is -0.846. The van der Waals surface area contributed by atoms with Crippen LogP contribution in [0.4, 0.5) is 11.4 Å². The van der Waals surface area contributed by atoms with E-state index in [4.69, 9.17) is 5.26 Å². The third kappa shape index (κ3) is 1.93. The second kappa shape index (κ2) is 4.70. The van der Waals surface area contributed by atoms with E-state index in [0.717, 1.165) is 15.5 Å². The van der Waals surface area contributed by atoms with Gasteiger partial charge in [0.05, 0.1) is 10.9 Å². The number of nitriles is 1. The Bertz CT molecular complexity index is 565. The summed E-state index contributed by atoms with van der Waals surface area (Å²) in [5.74, 6) is -1.20. The molecule has 0 saturated heterocycles. The molecule has 0 bridgehead atoms. The third-order valence-electron chi connectivity index (χ3n) is 2.66. The first kappa shape index (κ1) is 12.5. The van der Waals surface area contributed by atoms with Crippen LogP contribution in [0.15, 0.2) is 23.1 Å². The maximum Gasteiger partial charge on any atom is 0.336 e. The molecular weight excluding hydrogens is 250 g/mol. The van der Waals surface area contributed by atoms with Crippen molar-refractivity contribution in [3.63, 3.8) is 0 Å². The highest BCUT2D eigenvalue weighted by molar-refractivity contribution is 8.01. The minimum absolute atomic E-state index is 0.354. The van der Waals surface area contributed by atoms with E-state index in [-0.39, 0.29) is 11.2 Å². The number of carbonyl (C=O) groups is 2. The van der Waals surface area contributed by atoms with Crippen molar-refractivity contribution in [1.82, 2.24) is 0 Å². The molecule has 1 aliphatic heterocycles. The van der Waals surface area contributed by atoms with Crippen LogP contribution in [0.1, 0.15) is 6.92 Å². The zero-order valence-corrected chi connectivity index (χ0v) is 10.7. The highest BCUT2D eigenvalue weighted by Crippen LogP contribution is 2.40. The Kier molecular flexibility index (Phi) is 3.26. The molecule has 0 aliphatic carbocycles. The lowest BCUT2D eigenvalue weighted by Gasteiger charge is -2.29. The van der Waals surface area contributed by atoms with Gasteiger partial charge in [-0.05, 0) is 25.1 Å². The van der Waals surface area contributed by atoms with Crippen LogP contribution >= 0.6 is 11.8 Å². The standard InChI is InChI=1S/C12H11N3O2S/c1-7-12(17)15(11(16)6-13)9-5-8(14-2)3-4-10(9)18-7/h3-5,7,14H,1-2H3. The number of hydrogen-bond donors (Lipinski definition) is 1. The summed E-state index contributed by atoms with van der Waals surface area (Å²) in [6.45, 7) is 1.72. The van der Waals surface area contributed by atoms with Crippen LogP contribution < -0.4 is 10.2 Å². The molecule has 1 heterocycles. The van der Waals surface area contributed by atoms with Crippen LogP contribution in [-0.4, -0.2) is 24.1 Å². The average molecular weight is 261 g/mol. The number of nitrogens with one attached hydrogen (secondary N) is 1. The van der Waals surface area contributed by atoms with Crippen molar-refractivity contribution < 1.29 is 9.59 Å². The number of imide groups is 1. The number of thioether (sulfide) groups is 1. The topological polar surface area (TPSA) is 73.2 Å². The van der Waals surface area contributed by atoms with Gasteiger partial charge in [-0.15, -0.1) is 11.8 Å². The van der Waals surface area contributed by atoms with E-state index < -0.39 is 5.91 Å². The highest BCUT2D eigenvalue weighted by Gasteiger charge is 2.35. The van der Waals surface area contributed by atoms with E-state index in [2.05, 4.69) is 5.32 Å². The SMILES string of the molecule is CNc1ccc2c(c1)N(C(=O)C#N)C(=O)C(C)S2. The molecule has 2 rings (SSSR count). The minimum Gasteiger partial charge on any atom is -0.388 e. The largest absolute Gasteiger partial charge is 0.388 e. The maximum absolute atomic E-state index is 12.0. The Morgan fingerprint density at radius 1 is 1.56 bits per heavy atom. The van der Waals surface area contributed by atoms with Gasteiger partial charge in [0.15, 0.2) is 6.07 Å². The van der Waals surface area contributed by atoms with E-state index in [1.54, 1.807) is 20.0 Å². The first-order chi connectivity index (χ1) is 8.58. The Hall–Kier alpha value is -2.00. The monoisotopic (exact) mass is 261 g/mol. The normalized spacial score (nSPS) is 17.9. The molecule has 0 aromatic heterocycles. The third-order valence-corrected chi connectivity index (χ3v) is 3.81. The Morgan fingerprint density at radius 2 is 2.28 bits per heavy atom. The molecule has 0 spiro atoms. The first-order valence-electron chi connectivity index (χ1n) is 5.35. The molecule has 2 amide bonds. The summed E-state index contributed by atoms with van der Waals surface area (Å²) in [5.41, 5.74) is 1.26. The van der Waals surface area contributed by atoms with E-state index in [1.807, 2.05) is 12.1 Å². The van der Waals surface area contributed by atoms with Crippen molar-refractivity contribution >= 4 is 35.0 Å². The number of amides is 2. The lowest BCUT2D eigenvalue weighted by molar-refractivity contribution is -0.123. The Labute approximate surface area is 109 Å². The predicted molar refractivity (Wildman–Crippen MR) is 69.4 cm³/mol. The van der Waals surface area contributed by atoms with Gasteiger partial charge in [0.2, 0.25) is 5.91 Å². The fourth-order valence-corrected chi connectivity index (χ4v) is 2.75. The molecule has 5 nitrogen and oxygen atoms in total. The van der Waals surface area contributed by atoms with Crippen molar-refractivity contribution in [1.29, 1.82) is 5.26 Å². The Morgan fingerprint density at radius 3 is 2.89 bits per heavy atom. The number of benzene rings is 1. The van der Waals surface area contributed by atoms with Gasteiger partial charge in [0.25, 0.3) is 0 Å². The molecule has 0 radical (unpaired) electrons. The van der Waals surface area contributed by atoms with Crippen LogP contribution in [-0.2, 0) is 9.59 Å². The zero-order chi connectivity index (χ0) is 13.3. The van der Waals surface area contributed by atoms with Crippen molar-refractivity contribution in [3.05, 3.63) is 18.2 Å². The Balaban J connectivity index is 2.57. The molecule has 1 N–H and O–H groups in total. The summed E-state index contributed by atoms with van der Waals surface area (Å²) >= 11 is 1.39. The van der Waals surface area contributed by atoms with E-state index in [9.17, 15) is 9.59 Å². The molecule has 0 fully saturated rings. The predicted octanol–water partition coefficient (Wildman–Crippen LogP) is 1.61. The van der Waals surface area contributed by atoms with Crippen LogP contribution in [0.25, 0.3) is 0 Å². The number of rotatable bonds is 1. The summed E-state index contributed by atoms with van der Waals surface area (Å²) in [7, 11) is 1.75. The molecule has 1 aromatic carbocycles. The fraction of sp³-hybridized carbons (Fsp3) is 0.250. The van der Waals surface area contributed by atoms with Gasteiger partial charge in [0, 0.05) is 17.6 Å².